The average Bonchev–Trinajstić information content (AvgIpc) is 3.02. The van der Waals surface area contributed by atoms with Gasteiger partial charge in [-0.25, -0.2) is 4.98 Å². The molecule has 0 fully saturated rings. The lowest BCUT2D eigenvalue weighted by Crippen LogP contribution is -2.28. The van der Waals surface area contributed by atoms with E-state index in [0.29, 0.717) is 37.3 Å². The molecular weight excluding hydrogens is 340 g/mol. The van der Waals surface area contributed by atoms with Crippen molar-refractivity contribution >= 4 is 17.5 Å². The zero-order valence-corrected chi connectivity index (χ0v) is 15.7. The van der Waals surface area contributed by atoms with Gasteiger partial charge in [-0.2, -0.15) is 0 Å². The highest BCUT2D eigenvalue weighted by atomic mass is 16.2. The molecule has 140 valence electrons. The SMILES string of the molecule is Cc1nc2c(C)cccn2c1C(=O)NCCCC(=O)NCc1ccccc1. The van der Waals surface area contributed by atoms with E-state index in [0.717, 1.165) is 16.8 Å². The Morgan fingerprint density at radius 3 is 2.59 bits per heavy atom. The highest BCUT2D eigenvalue weighted by Gasteiger charge is 2.16. The van der Waals surface area contributed by atoms with E-state index < -0.39 is 0 Å². The Labute approximate surface area is 158 Å². The number of nitrogens with one attached hydrogen (secondary N) is 2. The van der Waals surface area contributed by atoms with Crippen LogP contribution in [0.15, 0.2) is 48.7 Å². The standard InChI is InChI=1S/C21H24N4O2/c1-15-8-7-13-25-19(16(2)24-20(15)25)21(27)22-12-6-11-18(26)23-14-17-9-4-3-5-10-17/h3-5,7-10,13H,6,11-12,14H2,1-2H3,(H,22,27)(H,23,26). The number of carbonyl (C=O) groups excluding carboxylic acids is 2. The maximum Gasteiger partial charge on any atom is 0.270 e. The van der Waals surface area contributed by atoms with Crippen LogP contribution < -0.4 is 10.6 Å². The Kier molecular flexibility index (Phi) is 5.86. The quantitative estimate of drug-likeness (QED) is 0.633. The van der Waals surface area contributed by atoms with Crippen molar-refractivity contribution in [2.24, 2.45) is 0 Å². The Balaban J connectivity index is 1.47. The summed E-state index contributed by atoms with van der Waals surface area (Å²) < 4.78 is 1.81. The molecule has 6 heteroatoms. The third-order valence-corrected chi connectivity index (χ3v) is 4.43. The minimum Gasteiger partial charge on any atom is -0.352 e. The monoisotopic (exact) mass is 364 g/mol. The molecule has 1 aromatic carbocycles. The summed E-state index contributed by atoms with van der Waals surface area (Å²) in [5.74, 6) is -0.190. The van der Waals surface area contributed by atoms with E-state index in [-0.39, 0.29) is 11.8 Å². The van der Waals surface area contributed by atoms with Crippen LogP contribution in [0, 0.1) is 13.8 Å². The number of pyridine rings is 1. The number of imidazole rings is 1. The number of hydrogen-bond acceptors (Lipinski definition) is 3. The number of aromatic nitrogens is 2. The summed E-state index contributed by atoms with van der Waals surface area (Å²) in [6.45, 7) is 4.76. The summed E-state index contributed by atoms with van der Waals surface area (Å²) in [6.07, 6.45) is 2.80. The van der Waals surface area contributed by atoms with E-state index in [4.69, 9.17) is 0 Å². The second kappa shape index (κ2) is 8.49. The Hall–Kier alpha value is -3.15. The molecule has 0 atom stereocenters. The maximum absolute atomic E-state index is 12.5. The van der Waals surface area contributed by atoms with Crippen LogP contribution in [-0.2, 0) is 11.3 Å². The summed E-state index contributed by atoms with van der Waals surface area (Å²) in [5, 5.41) is 5.78. The second-order valence-electron chi connectivity index (χ2n) is 6.55. The number of rotatable bonds is 7. The van der Waals surface area contributed by atoms with Gasteiger partial charge in [0.2, 0.25) is 5.91 Å². The molecule has 0 aliphatic carbocycles. The molecule has 2 heterocycles. The first kappa shape index (κ1) is 18.6. The first-order chi connectivity index (χ1) is 13.1. The van der Waals surface area contributed by atoms with Gasteiger partial charge in [-0.05, 0) is 37.5 Å². The minimum absolute atomic E-state index is 0.0188. The summed E-state index contributed by atoms with van der Waals surface area (Å²) in [6, 6.07) is 13.7. The molecule has 27 heavy (non-hydrogen) atoms. The average molecular weight is 364 g/mol. The first-order valence-electron chi connectivity index (χ1n) is 9.09. The van der Waals surface area contributed by atoms with Crippen molar-refractivity contribution in [2.45, 2.75) is 33.2 Å². The van der Waals surface area contributed by atoms with Crippen LogP contribution in [0.5, 0.6) is 0 Å². The number of benzene rings is 1. The van der Waals surface area contributed by atoms with Crippen molar-refractivity contribution in [3.05, 3.63) is 71.2 Å². The van der Waals surface area contributed by atoms with Crippen molar-refractivity contribution < 1.29 is 9.59 Å². The van der Waals surface area contributed by atoms with E-state index in [1.54, 1.807) is 0 Å². The maximum atomic E-state index is 12.5. The van der Waals surface area contributed by atoms with Gasteiger partial charge in [-0.1, -0.05) is 36.4 Å². The predicted molar refractivity (Wildman–Crippen MR) is 105 cm³/mol. The molecule has 0 saturated carbocycles. The van der Waals surface area contributed by atoms with Crippen molar-refractivity contribution in [1.82, 2.24) is 20.0 Å². The van der Waals surface area contributed by atoms with E-state index >= 15 is 0 Å². The highest BCUT2D eigenvalue weighted by Crippen LogP contribution is 2.15. The van der Waals surface area contributed by atoms with Gasteiger partial charge < -0.3 is 10.6 Å². The summed E-state index contributed by atoms with van der Waals surface area (Å²) in [5.41, 5.74) is 4.12. The fourth-order valence-electron chi connectivity index (χ4n) is 3.01. The predicted octanol–water partition coefficient (Wildman–Crippen LogP) is 2.78. The van der Waals surface area contributed by atoms with E-state index in [9.17, 15) is 9.59 Å². The van der Waals surface area contributed by atoms with Gasteiger partial charge >= 0.3 is 0 Å². The molecule has 0 aliphatic heterocycles. The third kappa shape index (κ3) is 4.53. The normalized spacial score (nSPS) is 10.7. The molecule has 6 nitrogen and oxygen atoms in total. The molecule has 0 radical (unpaired) electrons. The van der Waals surface area contributed by atoms with Crippen LogP contribution in [0.3, 0.4) is 0 Å². The van der Waals surface area contributed by atoms with Crippen molar-refractivity contribution in [1.29, 1.82) is 0 Å². The van der Waals surface area contributed by atoms with Gasteiger partial charge in [0, 0.05) is 25.7 Å². The van der Waals surface area contributed by atoms with Gasteiger partial charge in [-0.15, -0.1) is 0 Å². The summed E-state index contributed by atoms with van der Waals surface area (Å²) in [7, 11) is 0. The summed E-state index contributed by atoms with van der Waals surface area (Å²) in [4.78, 5) is 28.9. The van der Waals surface area contributed by atoms with Gasteiger partial charge in [0.25, 0.3) is 5.91 Å². The summed E-state index contributed by atoms with van der Waals surface area (Å²) >= 11 is 0. The van der Waals surface area contributed by atoms with Crippen molar-refractivity contribution in [3.8, 4) is 0 Å². The fourth-order valence-corrected chi connectivity index (χ4v) is 3.01. The first-order valence-corrected chi connectivity index (χ1v) is 9.09. The van der Waals surface area contributed by atoms with E-state index in [1.165, 1.54) is 0 Å². The molecule has 2 N–H and O–H groups in total. The molecule has 3 aromatic rings. The van der Waals surface area contributed by atoms with Crippen LogP contribution >= 0.6 is 0 Å². The molecule has 0 unspecified atom stereocenters. The molecule has 0 aliphatic rings. The molecule has 0 bridgehead atoms. The lowest BCUT2D eigenvalue weighted by atomic mass is 10.2. The Morgan fingerprint density at radius 1 is 1.04 bits per heavy atom. The smallest absolute Gasteiger partial charge is 0.270 e. The van der Waals surface area contributed by atoms with Gasteiger partial charge in [-0.3, -0.25) is 14.0 Å². The third-order valence-electron chi connectivity index (χ3n) is 4.43. The van der Waals surface area contributed by atoms with Gasteiger partial charge in [0.15, 0.2) is 0 Å². The molecule has 2 aromatic heterocycles. The van der Waals surface area contributed by atoms with E-state index in [1.807, 2.05) is 66.9 Å². The van der Waals surface area contributed by atoms with Gasteiger partial charge in [0.05, 0.1) is 5.69 Å². The number of hydrogen-bond donors (Lipinski definition) is 2. The molecule has 0 spiro atoms. The number of nitrogens with zero attached hydrogens (tertiary/aromatic N) is 2. The lowest BCUT2D eigenvalue weighted by Gasteiger charge is -2.07. The topological polar surface area (TPSA) is 75.5 Å². The lowest BCUT2D eigenvalue weighted by molar-refractivity contribution is -0.121. The van der Waals surface area contributed by atoms with Crippen LogP contribution in [0.4, 0.5) is 0 Å². The molecule has 3 rings (SSSR count). The Morgan fingerprint density at radius 2 is 1.81 bits per heavy atom. The molecule has 0 saturated heterocycles. The number of carbonyl (C=O) groups is 2. The van der Waals surface area contributed by atoms with Crippen LogP contribution in [0.1, 0.15) is 40.2 Å². The van der Waals surface area contributed by atoms with Crippen molar-refractivity contribution in [3.63, 3.8) is 0 Å². The Bertz CT molecular complexity index is 947. The van der Waals surface area contributed by atoms with Crippen LogP contribution in [0.25, 0.3) is 5.65 Å². The molecular formula is C21H24N4O2. The fraction of sp³-hybridized carbons (Fsp3) is 0.286. The zero-order valence-electron chi connectivity index (χ0n) is 15.7. The number of fused-ring (bicyclic) bond motifs is 1. The second-order valence-corrected chi connectivity index (χ2v) is 6.55. The van der Waals surface area contributed by atoms with E-state index in [2.05, 4.69) is 15.6 Å². The number of aryl methyl sites for hydroxylation is 2. The van der Waals surface area contributed by atoms with Gasteiger partial charge in [0.1, 0.15) is 11.3 Å². The van der Waals surface area contributed by atoms with Crippen LogP contribution in [0.2, 0.25) is 0 Å². The van der Waals surface area contributed by atoms with Crippen molar-refractivity contribution in [2.75, 3.05) is 6.54 Å². The highest BCUT2D eigenvalue weighted by molar-refractivity contribution is 5.94. The largest absolute Gasteiger partial charge is 0.352 e. The van der Waals surface area contributed by atoms with Crippen LogP contribution in [-0.4, -0.2) is 27.7 Å². The number of amides is 2. The molecule has 2 amide bonds. The zero-order chi connectivity index (χ0) is 19.2. The minimum atomic E-state index is -0.171.